The molecule has 49 heavy (non-hydrogen) atoms. The average Bonchev–Trinajstić information content (AvgIpc) is 2.93. The molecule has 0 aromatic carbocycles. The first-order valence-electron chi connectivity index (χ1n) is 16.6. The average molecular weight is 818 g/mol. The van der Waals surface area contributed by atoms with Crippen molar-refractivity contribution in [1.29, 1.82) is 0 Å². The molecule has 0 rings (SSSR count). The highest BCUT2D eigenvalue weighted by atomic mass is 32.1. The zero-order valence-corrected chi connectivity index (χ0v) is 35.2. The summed E-state index contributed by atoms with van der Waals surface area (Å²) in [5, 5.41) is 29.7. The molecule has 4 N–H and O–H groups in total. The monoisotopic (exact) mass is 817 g/mol. The van der Waals surface area contributed by atoms with E-state index in [1.165, 1.54) is 64.2 Å². The summed E-state index contributed by atoms with van der Waals surface area (Å²) >= 11 is 0. The smallest absolute Gasteiger partial charge is 0.306 e. The van der Waals surface area contributed by atoms with E-state index in [4.69, 9.17) is 10.2 Å². The molecule has 0 heterocycles. The minimum absolute atomic E-state index is 0. The van der Waals surface area contributed by atoms with Crippen LogP contribution in [0.1, 0.15) is 168 Å². The van der Waals surface area contributed by atoms with Gasteiger partial charge in [0, 0.05) is 32.2 Å². The van der Waals surface area contributed by atoms with Gasteiger partial charge in [-0.25, -0.2) is 0 Å². The Labute approximate surface area is 340 Å². The third-order valence-corrected chi connectivity index (χ3v) is 7.95. The molecule has 0 fully saturated rings. The molecule has 300 valence electrons. The van der Waals surface area contributed by atoms with E-state index < -0.39 is 29.7 Å². The molecule has 0 aromatic rings. The van der Waals surface area contributed by atoms with Gasteiger partial charge in [0.05, 0.1) is 11.8 Å². The fourth-order valence-corrected chi connectivity index (χ4v) is 5.08. The first-order valence-corrected chi connectivity index (χ1v) is 16.6. The number of Topliss-reactive ketones (excluding diaryl/α,β-unsaturated/α-hetero) is 1. The van der Waals surface area contributed by atoms with E-state index in [1.807, 2.05) is 0 Å². The maximum atomic E-state index is 12.3. The fraction of sp³-hybridized carbons (Fsp3) is 0.853. The van der Waals surface area contributed by atoms with Gasteiger partial charge in [0.25, 0.3) is 0 Å². The van der Waals surface area contributed by atoms with E-state index in [0.717, 1.165) is 38.5 Å². The summed E-state index contributed by atoms with van der Waals surface area (Å²) in [6.07, 6.45) is 21.1. The molecular weight excluding hydrogens is 743 g/mol. The predicted octanol–water partition coefficient (Wildman–Crippen LogP) is 8.85. The molecule has 0 aliphatic carbocycles. The Hall–Kier alpha value is -0.350. The molecule has 2 atom stereocenters. The Morgan fingerprint density at radius 2 is 0.878 bits per heavy atom. The molecule has 0 spiro atoms. The van der Waals surface area contributed by atoms with Crippen LogP contribution in [0.25, 0.3) is 0 Å². The third kappa shape index (κ3) is 47.6. The Kier molecular flexibility index (Phi) is 65.0. The van der Waals surface area contributed by atoms with Gasteiger partial charge in [-0.1, -0.05) is 111 Å². The van der Waals surface area contributed by atoms with Crippen molar-refractivity contribution >= 4 is 111 Å². The molecule has 0 saturated carbocycles. The number of carboxylic acids is 3. The highest BCUT2D eigenvalue weighted by molar-refractivity contribution is 7.60. The summed E-state index contributed by atoms with van der Waals surface area (Å²) in [6.45, 7) is 2.09. The highest BCUT2D eigenvalue weighted by Gasteiger charge is 2.22. The second-order valence-corrected chi connectivity index (χ2v) is 12.0. The number of carboxylic acid groups (broad SMARTS) is 3. The molecule has 15 heteroatoms. The minimum atomic E-state index is -1.04. The van der Waals surface area contributed by atoms with Gasteiger partial charge in [-0.05, 0) is 32.1 Å². The van der Waals surface area contributed by atoms with Gasteiger partial charge in [-0.3, -0.25) is 24.0 Å². The lowest BCUT2D eigenvalue weighted by Gasteiger charge is -2.12. The Bertz CT molecular complexity index is 781. The number of ketones is 1. The van der Waals surface area contributed by atoms with Crippen molar-refractivity contribution in [3.8, 4) is 0 Å². The van der Waals surface area contributed by atoms with Crippen LogP contribution in [0.4, 0.5) is 0 Å². The van der Waals surface area contributed by atoms with E-state index in [1.54, 1.807) is 6.92 Å². The zero-order chi connectivity index (χ0) is 31.4. The molecule has 0 radical (unpaired) electrons. The Morgan fingerprint density at radius 1 is 0.490 bits per heavy atom. The van der Waals surface area contributed by atoms with Gasteiger partial charge < -0.3 is 20.6 Å². The number of nitrogens with one attached hydrogen (secondary N) is 1. The number of carbonyl (C=O) groups excluding carboxylic acids is 2. The summed E-state index contributed by atoms with van der Waals surface area (Å²) in [7, 11) is 0. The number of carbonyl (C=O) groups is 5. The summed E-state index contributed by atoms with van der Waals surface area (Å²) in [5.74, 6) is -4.09. The molecule has 1 amide bonds. The van der Waals surface area contributed by atoms with Crippen molar-refractivity contribution in [3.05, 3.63) is 0 Å². The predicted molar refractivity (Wildman–Crippen MR) is 233 cm³/mol. The van der Waals surface area contributed by atoms with Gasteiger partial charge in [0.15, 0.2) is 0 Å². The summed E-state index contributed by atoms with van der Waals surface area (Å²) < 4.78 is 0. The van der Waals surface area contributed by atoms with E-state index in [2.05, 4.69) is 5.32 Å². The normalized spacial score (nSPS) is 10.7. The van der Waals surface area contributed by atoms with Crippen LogP contribution in [0.3, 0.4) is 0 Å². The molecule has 0 bridgehead atoms. The maximum Gasteiger partial charge on any atom is 0.306 e. The number of aliphatic carboxylic acids is 3. The third-order valence-electron chi connectivity index (χ3n) is 7.95. The fourth-order valence-electron chi connectivity index (χ4n) is 5.08. The summed E-state index contributed by atoms with van der Waals surface area (Å²) in [4.78, 5) is 57.2. The highest BCUT2D eigenvalue weighted by Crippen LogP contribution is 2.17. The lowest BCUT2D eigenvalue weighted by atomic mass is 9.94. The SMILES string of the molecule is C.C[C@@H](CCCCNC(=O)CC[C@H](CC(=O)CCCCCCCCCCCCCCCCCCC(=O)O)C(=O)O)C(=O)O.S.S.S.S.S.S. The van der Waals surface area contributed by atoms with Crippen LogP contribution in [-0.2, 0) is 24.0 Å². The van der Waals surface area contributed by atoms with Crippen molar-refractivity contribution < 1.29 is 39.3 Å². The first-order chi connectivity index (χ1) is 20.1. The molecule has 0 aliphatic rings. The van der Waals surface area contributed by atoms with Gasteiger partial charge in [0.2, 0.25) is 5.91 Å². The Balaban J connectivity index is -0.000000400. The van der Waals surface area contributed by atoms with Crippen molar-refractivity contribution in [1.82, 2.24) is 5.32 Å². The van der Waals surface area contributed by atoms with Crippen LogP contribution in [0, 0.1) is 11.8 Å². The molecule has 0 unspecified atom stereocenters. The summed E-state index contributed by atoms with van der Waals surface area (Å²) in [5.41, 5.74) is 0. The number of hydrogen-bond donors (Lipinski definition) is 4. The number of amides is 1. The topological polar surface area (TPSA) is 158 Å². The quantitative estimate of drug-likeness (QED) is 0.0506. The van der Waals surface area contributed by atoms with Crippen LogP contribution in [0.15, 0.2) is 0 Å². The van der Waals surface area contributed by atoms with Crippen LogP contribution >= 0.6 is 81.0 Å². The van der Waals surface area contributed by atoms with Crippen molar-refractivity contribution in [2.24, 2.45) is 11.8 Å². The van der Waals surface area contributed by atoms with Crippen LogP contribution in [0.2, 0.25) is 0 Å². The zero-order valence-electron chi connectivity index (χ0n) is 29.2. The molecule has 0 saturated heterocycles. The van der Waals surface area contributed by atoms with E-state index >= 15 is 0 Å². The van der Waals surface area contributed by atoms with Gasteiger partial charge in [-0.2, -0.15) is 81.0 Å². The number of unbranched alkanes of at least 4 members (excludes halogenated alkanes) is 16. The van der Waals surface area contributed by atoms with E-state index in [9.17, 15) is 29.1 Å². The van der Waals surface area contributed by atoms with Crippen molar-refractivity contribution in [3.63, 3.8) is 0 Å². The first kappa shape index (κ1) is 66.8. The molecule has 0 aromatic heterocycles. The minimum Gasteiger partial charge on any atom is -0.481 e. The van der Waals surface area contributed by atoms with E-state index in [-0.39, 0.29) is 119 Å². The second-order valence-electron chi connectivity index (χ2n) is 12.0. The van der Waals surface area contributed by atoms with Crippen LogP contribution < -0.4 is 5.32 Å². The van der Waals surface area contributed by atoms with Gasteiger partial charge in [0.1, 0.15) is 5.78 Å². The largest absolute Gasteiger partial charge is 0.481 e. The maximum absolute atomic E-state index is 12.3. The number of hydrogen-bond acceptors (Lipinski definition) is 5. The lowest BCUT2D eigenvalue weighted by molar-refractivity contribution is -0.144. The van der Waals surface area contributed by atoms with Crippen LogP contribution in [0.5, 0.6) is 0 Å². The Morgan fingerprint density at radius 3 is 1.24 bits per heavy atom. The molecule has 9 nitrogen and oxygen atoms in total. The van der Waals surface area contributed by atoms with Gasteiger partial charge >= 0.3 is 17.9 Å². The molecular formula is C34H75NO8S6. The van der Waals surface area contributed by atoms with Gasteiger partial charge in [-0.15, -0.1) is 0 Å². The lowest BCUT2D eigenvalue weighted by Crippen LogP contribution is -2.26. The second kappa shape index (κ2) is 47.7. The van der Waals surface area contributed by atoms with Crippen molar-refractivity contribution in [2.75, 3.05) is 6.54 Å². The van der Waals surface area contributed by atoms with Crippen molar-refractivity contribution in [2.45, 2.75) is 168 Å². The van der Waals surface area contributed by atoms with Crippen LogP contribution in [-0.4, -0.2) is 51.5 Å². The molecule has 0 aliphatic heterocycles. The standard InChI is InChI=1S/C33H59NO8.CH4.6H2S/c1-27(32(39)40)20-18-19-25-34-30(36)24-23-28(33(41)42)26-29(35)21-16-14-12-10-8-6-4-2-3-5-7-9-11-13-15-17-22-31(37)38;;;;;;;/h27-28H,2-26H2,1H3,(H,34,36)(H,37,38)(H,39,40)(H,41,42);1H4;6*1H2/t27-,28+;;;;;;;/m0......./s1. The number of rotatable bonds is 31. The van der Waals surface area contributed by atoms with E-state index in [0.29, 0.717) is 38.6 Å². The summed E-state index contributed by atoms with van der Waals surface area (Å²) in [6, 6.07) is 0.